The van der Waals surface area contributed by atoms with Crippen molar-refractivity contribution < 1.29 is 0 Å². The molecule has 0 N–H and O–H groups in total. The molecule has 14 heavy (non-hydrogen) atoms. The number of hydrogen-bond acceptors (Lipinski definition) is 0. The van der Waals surface area contributed by atoms with Crippen molar-refractivity contribution in [2.75, 3.05) is 0 Å². The van der Waals surface area contributed by atoms with E-state index in [1.807, 2.05) is 6.07 Å². The quantitative estimate of drug-likeness (QED) is 0.620. The molecule has 0 bridgehead atoms. The minimum absolute atomic E-state index is 0.990. The maximum absolute atomic E-state index is 3.36. The van der Waals surface area contributed by atoms with Crippen LogP contribution in [-0.2, 0) is 6.42 Å². The largest absolute Gasteiger partial charge is 0.126 e. The lowest BCUT2D eigenvalue weighted by Gasteiger charge is -1.94. The predicted molar refractivity (Wildman–Crippen MR) is 62.3 cm³/mol. The van der Waals surface area contributed by atoms with Crippen LogP contribution in [0.3, 0.4) is 0 Å². The highest BCUT2D eigenvalue weighted by molar-refractivity contribution is 5.17. The SMILES string of the molecule is CCC(=C=CCc1ccccc1)CC. The monoisotopic (exact) mass is 186 g/mol. The van der Waals surface area contributed by atoms with Crippen molar-refractivity contribution >= 4 is 0 Å². The van der Waals surface area contributed by atoms with Crippen molar-refractivity contribution in [2.24, 2.45) is 0 Å². The van der Waals surface area contributed by atoms with Crippen molar-refractivity contribution in [3.05, 3.63) is 53.3 Å². The zero-order valence-corrected chi connectivity index (χ0v) is 9.09. The summed E-state index contributed by atoms with van der Waals surface area (Å²) in [4.78, 5) is 0. The normalized spacial score (nSPS) is 9.29. The summed E-state index contributed by atoms with van der Waals surface area (Å²) in [6.45, 7) is 4.37. The van der Waals surface area contributed by atoms with E-state index in [9.17, 15) is 0 Å². The molecule has 1 aromatic rings. The number of rotatable bonds is 4. The maximum atomic E-state index is 3.36. The maximum Gasteiger partial charge on any atom is -0.00213 e. The third-order valence-corrected chi connectivity index (χ3v) is 2.34. The summed E-state index contributed by atoms with van der Waals surface area (Å²) in [5.74, 6) is 0. The highest BCUT2D eigenvalue weighted by Gasteiger charge is 1.87. The Kier molecular flexibility index (Phi) is 4.82. The molecule has 0 radical (unpaired) electrons. The summed E-state index contributed by atoms with van der Waals surface area (Å²) in [6, 6.07) is 10.5. The van der Waals surface area contributed by atoms with Crippen LogP contribution in [0, 0.1) is 0 Å². The van der Waals surface area contributed by atoms with Gasteiger partial charge in [0.1, 0.15) is 0 Å². The zero-order chi connectivity index (χ0) is 10.2. The van der Waals surface area contributed by atoms with Crippen LogP contribution >= 0.6 is 0 Å². The second-order valence-electron chi connectivity index (χ2n) is 3.35. The molecule has 0 aromatic heterocycles. The fourth-order valence-electron chi connectivity index (χ4n) is 1.38. The average molecular weight is 186 g/mol. The summed E-state index contributed by atoms with van der Waals surface area (Å²) in [7, 11) is 0. The summed E-state index contributed by atoms with van der Waals surface area (Å²) < 4.78 is 0. The van der Waals surface area contributed by atoms with Crippen LogP contribution in [0.1, 0.15) is 32.3 Å². The minimum atomic E-state index is 0.990. The van der Waals surface area contributed by atoms with Gasteiger partial charge in [-0.15, -0.1) is 5.73 Å². The molecule has 0 amide bonds. The molecule has 0 nitrogen and oxygen atoms in total. The van der Waals surface area contributed by atoms with E-state index in [2.05, 4.69) is 49.9 Å². The zero-order valence-electron chi connectivity index (χ0n) is 9.09. The Balaban J connectivity index is 2.60. The van der Waals surface area contributed by atoms with Crippen LogP contribution < -0.4 is 0 Å². The van der Waals surface area contributed by atoms with Crippen molar-refractivity contribution in [1.29, 1.82) is 0 Å². The van der Waals surface area contributed by atoms with Gasteiger partial charge in [-0.05, 0) is 36.5 Å². The van der Waals surface area contributed by atoms with Crippen LogP contribution in [-0.4, -0.2) is 0 Å². The van der Waals surface area contributed by atoms with Gasteiger partial charge in [0, 0.05) is 0 Å². The molecule has 0 saturated heterocycles. The molecule has 0 unspecified atom stereocenters. The topological polar surface area (TPSA) is 0 Å². The van der Waals surface area contributed by atoms with Gasteiger partial charge >= 0.3 is 0 Å². The Morgan fingerprint density at radius 1 is 1.14 bits per heavy atom. The van der Waals surface area contributed by atoms with Crippen LogP contribution in [0.15, 0.2) is 47.7 Å². The first-order chi connectivity index (χ1) is 6.86. The van der Waals surface area contributed by atoms with Crippen molar-refractivity contribution in [3.8, 4) is 0 Å². The third kappa shape index (κ3) is 3.64. The minimum Gasteiger partial charge on any atom is -0.126 e. The second-order valence-corrected chi connectivity index (χ2v) is 3.35. The molecule has 1 rings (SSSR count). The molecule has 0 saturated carbocycles. The van der Waals surface area contributed by atoms with E-state index >= 15 is 0 Å². The third-order valence-electron chi connectivity index (χ3n) is 2.34. The number of hydrogen-bond donors (Lipinski definition) is 0. The van der Waals surface area contributed by atoms with E-state index < -0.39 is 0 Å². The molecule has 74 valence electrons. The molecular formula is C14H18. The summed E-state index contributed by atoms with van der Waals surface area (Å²) in [6.07, 6.45) is 5.35. The Morgan fingerprint density at radius 3 is 2.36 bits per heavy atom. The molecule has 0 atom stereocenters. The van der Waals surface area contributed by atoms with Gasteiger partial charge in [-0.3, -0.25) is 0 Å². The van der Waals surface area contributed by atoms with Gasteiger partial charge in [-0.25, -0.2) is 0 Å². The molecule has 1 aromatic carbocycles. The fraction of sp³-hybridized carbons (Fsp3) is 0.357. The lowest BCUT2D eigenvalue weighted by molar-refractivity contribution is 0.980. The molecule has 0 aliphatic carbocycles. The van der Waals surface area contributed by atoms with Crippen LogP contribution in [0.5, 0.6) is 0 Å². The van der Waals surface area contributed by atoms with Gasteiger partial charge in [-0.1, -0.05) is 44.2 Å². The summed E-state index contributed by atoms with van der Waals surface area (Å²) in [5.41, 5.74) is 6.12. The van der Waals surface area contributed by atoms with Gasteiger partial charge in [0.05, 0.1) is 0 Å². The molecular weight excluding hydrogens is 168 g/mol. The first-order valence-corrected chi connectivity index (χ1v) is 5.33. The van der Waals surface area contributed by atoms with Gasteiger partial charge in [0.2, 0.25) is 0 Å². The first kappa shape index (κ1) is 10.8. The van der Waals surface area contributed by atoms with Gasteiger partial charge in [-0.2, -0.15) is 0 Å². The van der Waals surface area contributed by atoms with Crippen molar-refractivity contribution in [1.82, 2.24) is 0 Å². The van der Waals surface area contributed by atoms with Crippen LogP contribution in [0.25, 0.3) is 0 Å². The van der Waals surface area contributed by atoms with Gasteiger partial charge in [0.25, 0.3) is 0 Å². The van der Waals surface area contributed by atoms with Crippen molar-refractivity contribution in [3.63, 3.8) is 0 Å². The molecule has 0 aliphatic rings. The Morgan fingerprint density at radius 2 is 1.79 bits per heavy atom. The van der Waals surface area contributed by atoms with E-state index in [1.165, 1.54) is 11.1 Å². The van der Waals surface area contributed by atoms with E-state index in [-0.39, 0.29) is 0 Å². The predicted octanol–water partition coefficient (Wildman–Crippen LogP) is 4.13. The van der Waals surface area contributed by atoms with E-state index in [0.29, 0.717) is 0 Å². The first-order valence-electron chi connectivity index (χ1n) is 5.33. The molecule has 0 spiro atoms. The second kappa shape index (κ2) is 6.23. The van der Waals surface area contributed by atoms with Gasteiger partial charge < -0.3 is 0 Å². The van der Waals surface area contributed by atoms with Crippen LogP contribution in [0.2, 0.25) is 0 Å². The molecule has 0 heterocycles. The lowest BCUT2D eigenvalue weighted by atomic mass is 10.1. The standard InChI is InChI=1S/C14H18/c1-3-13(4-2)11-8-12-14-9-6-5-7-10-14/h5-10H,3-4,12H2,1-2H3. The number of allylic oxidation sites excluding steroid dienone is 1. The lowest BCUT2D eigenvalue weighted by Crippen LogP contribution is -1.78. The highest BCUT2D eigenvalue weighted by Crippen LogP contribution is 2.04. The average Bonchev–Trinajstić information content (AvgIpc) is 2.26. The Hall–Kier alpha value is -1.26. The Labute approximate surface area is 87.0 Å². The van der Waals surface area contributed by atoms with Gasteiger partial charge in [0.15, 0.2) is 0 Å². The van der Waals surface area contributed by atoms with E-state index in [0.717, 1.165) is 19.3 Å². The number of benzene rings is 1. The molecule has 0 aliphatic heterocycles. The highest BCUT2D eigenvalue weighted by atomic mass is 13.9. The van der Waals surface area contributed by atoms with E-state index in [1.54, 1.807) is 0 Å². The molecule has 0 fully saturated rings. The Bertz CT molecular complexity index is 307. The molecule has 0 heteroatoms. The van der Waals surface area contributed by atoms with Crippen LogP contribution in [0.4, 0.5) is 0 Å². The smallest absolute Gasteiger partial charge is 0.00213 e. The summed E-state index contributed by atoms with van der Waals surface area (Å²) >= 11 is 0. The summed E-state index contributed by atoms with van der Waals surface area (Å²) in [5, 5.41) is 0. The van der Waals surface area contributed by atoms with Crippen molar-refractivity contribution in [2.45, 2.75) is 33.1 Å². The fourth-order valence-corrected chi connectivity index (χ4v) is 1.38. The van der Waals surface area contributed by atoms with E-state index in [4.69, 9.17) is 0 Å².